The molecule has 3 rings (SSSR count). The number of hydrogen-bond acceptors (Lipinski definition) is 4. The molecule has 2 aromatic rings. The Morgan fingerprint density at radius 1 is 1.39 bits per heavy atom. The summed E-state index contributed by atoms with van der Waals surface area (Å²) in [6.45, 7) is 0.341. The molecule has 0 aliphatic carbocycles. The van der Waals surface area contributed by atoms with Crippen molar-refractivity contribution in [1.82, 2.24) is 19.9 Å². The lowest BCUT2D eigenvalue weighted by Gasteiger charge is -2.19. The highest BCUT2D eigenvalue weighted by atomic mass is 35.5. The van der Waals surface area contributed by atoms with Crippen LogP contribution in [0.2, 0.25) is 5.02 Å². The molecule has 0 spiro atoms. The van der Waals surface area contributed by atoms with Crippen molar-refractivity contribution in [3.05, 3.63) is 40.9 Å². The highest BCUT2D eigenvalue weighted by molar-refractivity contribution is 6.30. The molecule has 0 unspecified atom stereocenters. The molecule has 1 aromatic heterocycles. The fourth-order valence-corrected chi connectivity index (χ4v) is 2.73. The minimum absolute atomic E-state index is 0.0440. The number of rotatable bonds is 3. The number of hydrogen-bond donors (Lipinski definition) is 1. The third-order valence-electron chi connectivity index (χ3n) is 3.69. The summed E-state index contributed by atoms with van der Waals surface area (Å²) >= 11 is 5.71. The molecule has 23 heavy (non-hydrogen) atoms. The van der Waals surface area contributed by atoms with Crippen LogP contribution < -0.4 is 0 Å². The Labute approximate surface area is 135 Å². The first-order chi connectivity index (χ1) is 11.0. The van der Waals surface area contributed by atoms with E-state index in [0.717, 1.165) is 4.68 Å². The molecule has 7 nitrogen and oxygen atoms in total. The van der Waals surface area contributed by atoms with Crippen molar-refractivity contribution < 1.29 is 19.1 Å². The highest BCUT2D eigenvalue weighted by Gasteiger charge is 2.35. The van der Waals surface area contributed by atoms with Gasteiger partial charge < -0.3 is 10.0 Å². The van der Waals surface area contributed by atoms with Gasteiger partial charge in [0.05, 0.1) is 11.2 Å². The van der Waals surface area contributed by atoms with E-state index in [2.05, 4.69) is 10.3 Å². The van der Waals surface area contributed by atoms with Crippen molar-refractivity contribution in [3.8, 4) is 5.69 Å². The molecule has 1 aromatic carbocycles. The molecule has 1 atom stereocenters. The van der Waals surface area contributed by atoms with Crippen LogP contribution in [-0.4, -0.2) is 49.5 Å². The molecule has 1 saturated heterocycles. The van der Waals surface area contributed by atoms with Gasteiger partial charge in [-0.3, -0.25) is 4.79 Å². The number of halogens is 2. The zero-order chi connectivity index (χ0) is 16.6. The van der Waals surface area contributed by atoms with E-state index in [1.165, 1.54) is 23.2 Å². The van der Waals surface area contributed by atoms with E-state index < -0.39 is 23.7 Å². The van der Waals surface area contributed by atoms with E-state index in [-0.39, 0.29) is 16.4 Å². The third-order valence-corrected chi connectivity index (χ3v) is 3.98. The average molecular weight is 339 g/mol. The van der Waals surface area contributed by atoms with E-state index in [0.29, 0.717) is 19.4 Å². The van der Waals surface area contributed by atoms with Gasteiger partial charge in [0.1, 0.15) is 11.7 Å². The molecule has 2 heterocycles. The van der Waals surface area contributed by atoms with Crippen LogP contribution in [0.3, 0.4) is 0 Å². The first kappa shape index (κ1) is 15.4. The second-order valence-electron chi connectivity index (χ2n) is 5.12. The summed E-state index contributed by atoms with van der Waals surface area (Å²) < 4.78 is 15.1. The summed E-state index contributed by atoms with van der Waals surface area (Å²) in [7, 11) is 0. The number of carboxylic acids is 1. The fourth-order valence-electron chi connectivity index (χ4n) is 2.56. The lowest BCUT2D eigenvalue weighted by Crippen LogP contribution is -2.40. The van der Waals surface area contributed by atoms with E-state index in [4.69, 9.17) is 16.7 Å². The number of carbonyl (C=O) groups is 2. The monoisotopic (exact) mass is 338 g/mol. The lowest BCUT2D eigenvalue weighted by atomic mass is 10.2. The summed E-state index contributed by atoms with van der Waals surface area (Å²) in [5.41, 5.74) is 0.0118. The number of benzene rings is 1. The van der Waals surface area contributed by atoms with Gasteiger partial charge in [-0.2, -0.15) is 0 Å². The number of amides is 1. The molecule has 1 aliphatic heterocycles. The predicted molar refractivity (Wildman–Crippen MR) is 78.0 cm³/mol. The van der Waals surface area contributed by atoms with Crippen LogP contribution >= 0.6 is 11.6 Å². The predicted octanol–water partition coefficient (Wildman–Crippen LogP) is 1.75. The minimum Gasteiger partial charge on any atom is -0.480 e. The van der Waals surface area contributed by atoms with Crippen molar-refractivity contribution in [2.45, 2.75) is 18.9 Å². The number of carbonyl (C=O) groups excluding carboxylic acids is 1. The zero-order valence-electron chi connectivity index (χ0n) is 11.8. The zero-order valence-corrected chi connectivity index (χ0v) is 12.6. The molecule has 9 heteroatoms. The van der Waals surface area contributed by atoms with E-state index in [9.17, 15) is 14.0 Å². The minimum atomic E-state index is -1.05. The maximum atomic E-state index is 14.0. The Hall–Kier alpha value is -2.48. The van der Waals surface area contributed by atoms with Gasteiger partial charge in [-0.25, -0.2) is 13.9 Å². The number of aliphatic carboxylic acids is 1. The highest BCUT2D eigenvalue weighted by Crippen LogP contribution is 2.22. The van der Waals surface area contributed by atoms with Crippen LogP contribution in [-0.2, 0) is 4.79 Å². The van der Waals surface area contributed by atoms with Gasteiger partial charge in [-0.1, -0.05) is 22.9 Å². The molecule has 1 aliphatic rings. The molecule has 1 amide bonds. The summed E-state index contributed by atoms with van der Waals surface area (Å²) in [6.07, 6.45) is 2.27. The standard InChI is InChI=1S/C14H12ClFN4O3/c15-8-3-1-4-10(12(8)16)20-7-9(17-18-20)13(21)19-6-2-5-11(19)14(22)23/h1,3-4,7,11H,2,5-6H2,(H,22,23)/t11-/m1/s1. The summed E-state index contributed by atoms with van der Waals surface area (Å²) in [4.78, 5) is 24.8. The van der Waals surface area contributed by atoms with Gasteiger partial charge in [0.25, 0.3) is 5.91 Å². The topological polar surface area (TPSA) is 88.3 Å². The molecule has 1 N–H and O–H groups in total. The molecular weight excluding hydrogens is 327 g/mol. The maximum Gasteiger partial charge on any atom is 0.326 e. The Morgan fingerprint density at radius 3 is 2.91 bits per heavy atom. The Bertz CT molecular complexity index is 779. The van der Waals surface area contributed by atoms with Crippen LogP contribution in [0.15, 0.2) is 24.4 Å². The molecule has 0 bridgehead atoms. The third kappa shape index (κ3) is 2.77. The molecule has 120 valence electrons. The van der Waals surface area contributed by atoms with E-state index in [1.807, 2.05) is 0 Å². The normalized spacial score (nSPS) is 17.5. The van der Waals surface area contributed by atoms with Crippen molar-refractivity contribution in [2.24, 2.45) is 0 Å². The fraction of sp³-hybridized carbons (Fsp3) is 0.286. The largest absolute Gasteiger partial charge is 0.480 e. The van der Waals surface area contributed by atoms with Crippen molar-refractivity contribution in [3.63, 3.8) is 0 Å². The number of carboxylic acid groups (broad SMARTS) is 1. The van der Waals surface area contributed by atoms with E-state index in [1.54, 1.807) is 6.07 Å². The molecule has 0 saturated carbocycles. The maximum absolute atomic E-state index is 14.0. The summed E-state index contributed by atoms with van der Waals surface area (Å²) in [5.74, 6) is -2.27. The Morgan fingerprint density at radius 2 is 2.17 bits per heavy atom. The summed E-state index contributed by atoms with van der Waals surface area (Å²) in [5, 5.41) is 16.5. The Balaban J connectivity index is 1.88. The van der Waals surface area contributed by atoms with Crippen molar-refractivity contribution >= 4 is 23.5 Å². The van der Waals surface area contributed by atoms with Crippen LogP contribution in [0.4, 0.5) is 4.39 Å². The van der Waals surface area contributed by atoms with Gasteiger partial charge in [-0.05, 0) is 25.0 Å². The first-order valence-electron chi connectivity index (χ1n) is 6.89. The second kappa shape index (κ2) is 5.96. The van der Waals surface area contributed by atoms with Gasteiger partial charge in [0.15, 0.2) is 11.5 Å². The number of aromatic nitrogens is 3. The van der Waals surface area contributed by atoms with Gasteiger partial charge in [0, 0.05) is 6.54 Å². The van der Waals surface area contributed by atoms with Crippen LogP contribution in [0, 0.1) is 5.82 Å². The first-order valence-corrected chi connectivity index (χ1v) is 7.27. The SMILES string of the molecule is O=C(O)[C@H]1CCCN1C(=O)c1cn(-c2cccc(Cl)c2F)nn1. The van der Waals surface area contributed by atoms with Crippen LogP contribution in [0.25, 0.3) is 5.69 Å². The number of likely N-dealkylation sites (tertiary alicyclic amines) is 1. The van der Waals surface area contributed by atoms with Gasteiger partial charge >= 0.3 is 5.97 Å². The Kier molecular flexibility index (Phi) is 3.99. The average Bonchev–Trinajstić information content (AvgIpc) is 3.18. The van der Waals surface area contributed by atoms with E-state index >= 15 is 0 Å². The van der Waals surface area contributed by atoms with Gasteiger partial charge in [0.2, 0.25) is 0 Å². The summed E-state index contributed by atoms with van der Waals surface area (Å²) in [6, 6.07) is 3.52. The molecule has 1 fully saturated rings. The van der Waals surface area contributed by atoms with Crippen molar-refractivity contribution in [1.29, 1.82) is 0 Å². The number of nitrogens with zero attached hydrogens (tertiary/aromatic N) is 4. The van der Waals surface area contributed by atoms with Gasteiger partial charge in [-0.15, -0.1) is 5.10 Å². The van der Waals surface area contributed by atoms with Crippen molar-refractivity contribution in [2.75, 3.05) is 6.54 Å². The molecular formula is C14H12ClFN4O3. The lowest BCUT2D eigenvalue weighted by molar-refractivity contribution is -0.141. The second-order valence-corrected chi connectivity index (χ2v) is 5.52. The van der Waals surface area contributed by atoms with Crippen LogP contribution in [0.1, 0.15) is 23.3 Å². The smallest absolute Gasteiger partial charge is 0.326 e. The quantitative estimate of drug-likeness (QED) is 0.921. The molecule has 0 radical (unpaired) electrons. The van der Waals surface area contributed by atoms with Crippen LogP contribution in [0.5, 0.6) is 0 Å².